The molecule has 0 radical (unpaired) electrons. The van der Waals surface area contributed by atoms with Crippen LogP contribution < -0.4 is 15.0 Å². The van der Waals surface area contributed by atoms with E-state index in [4.69, 9.17) is 9.72 Å². The third kappa shape index (κ3) is 5.04. The van der Waals surface area contributed by atoms with Gasteiger partial charge in [-0.3, -0.25) is 4.79 Å². The maximum atomic E-state index is 13.0. The van der Waals surface area contributed by atoms with Crippen molar-refractivity contribution in [2.75, 3.05) is 17.3 Å². The van der Waals surface area contributed by atoms with Crippen molar-refractivity contribution < 1.29 is 13.9 Å². The second kappa shape index (κ2) is 9.77. The fraction of sp³-hybridized carbons (Fsp3) is 0.320. The molecule has 1 aromatic heterocycles. The molecule has 2 aromatic carbocycles. The van der Waals surface area contributed by atoms with Crippen LogP contribution in [0.15, 0.2) is 48.5 Å². The fourth-order valence-electron chi connectivity index (χ4n) is 3.47. The van der Waals surface area contributed by atoms with E-state index in [0.29, 0.717) is 18.7 Å². The summed E-state index contributed by atoms with van der Waals surface area (Å²) in [6.45, 7) is 4.14. The highest BCUT2D eigenvalue weighted by atomic mass is 19.1. The molecule has 0 aliphatic carbocycles. The molecule has 0 spiro atoms. The lowest BCUT2D eigenvalue weighted by Crippen LogP contribution is -2.45. The first-order valence-corrected chi connectivity index (χ1v) is 10.3. The monoisotopic (exact) mass is 436 g/mol. The lowest BCUT2D eigenvalue weighted by atomic mass is 10.1. The van der Waals surface area contributed by atoms with E-state index in [2.05, 4.69) is 10.3 Å². The highest BCUT2D eigenvalue weighted by Gasteiger charge is 2.30. The topological polar surface area (TPSA) is 67.4 Å². The van der Waals surface area contributed by atoms with Crippen LogP contribution in [0.2, 0.25) is 0 Å². The molecule has 168 valence electrons. The maximum Gasteiger partial charge on any atom is 0.246 e. The Labute approximate surface area is 188 Å². The highest BCUT2D eigenvalue weighted by molar-refractivity contribution is 6.02. The Morgan fingerprint density at radius 1 is 1.03 bits per heavy atom. The number of nitrogens with zero attached hydrogens (tertiary/aromatic N) is 3. The molecule has 1 aliphatic rings. The number of nitrogens with one attached hydrogen (secondary N) is 1. The number of anilines is 2. The standard InChI is InChI=1S/C24H25FN4O2.CH4/c1-15-22-23(29(3)16(2)24(30)28-22)27-21(26-15)13-8-17-6-11-20(12-7-17)31-14-18-4-9-19(25)10-5-18;/h4-7,9-12,16H,8,13-14H2,1-3H3,(H,28,30);1H4/t16-;/m1./s1. The van der Waals surface area contributed by atoms with Crippen molar-refractivity contribution in [3.63, 3.8) is 0 Å². The van der Waals surface area contributed by atoms with Gasteiger partial charge in [-0.2, -0.15) is 0 Å². The van der Waals surface area contributed by atoms with Gasteiger partial charge in [-0.05, 0) is 55.7 Å². The summed E-state index contributed by atoms with van der Waals surface area (Å²) in [7, 11) is 1.88. The van der Waals surface area contributed by atoms with E-state index in [0.717, 1.165) is 40.6 Å². The molecule has 0 unspecified atom stereocenters. The van der Waals surface area contributed by atoms with E-state index in [1.807, 2.05) is 50.1 Å². The van der Waals surface area contributed by atoms with Crippen LogP contribution in [0.5, 0.6) is 5.75 Å². The zero-order chi connectivity index (χ0) is 22.0. The zero-order valence-corrected chi connectivity index (χ0v) is 17.9. The number of hydrogen-bond donors (Lipinski definition) is 1. The molecule has 1 N–H and O–H groups in total. The van der Waals surface area contributed by atoms with Gasteiger partial charge in [-0.15, -0.1) is 0 Å². The van der Waals surface area contributed by atoms with Crippen LogP contribution in [0.3, 0.4) is 0 Å². The minimum absolute atomic E-state index is 0. The van der Waals surface area contributed by atoms with E-state index in [1.54, 1.807) is 12.1 Å². The maximum absolute atomic E-state index is 13.0. The van der Waals surface area contributed by atoms with Crippen LogP contribution in [0.25, 0.3) is 0 Å². The van der Waals surface area contributed by atoms with Gasteiger partial charge < -0.3 is 15.0 Å². The Morgan fingerprint density at radius 2 is 1.69 bits per heavy atom. The lowest BCUT2D eigenvalue weighted by Gasteiger charge is -2.32. The average molecular weight is 437 g/mol. The Hall–Kier alpha value is -3.48. The predicted molar refractivity (Wildman–Crippen MR) is 125 cm³/mol. The van der Waals surface area contributed by atoms with Gasteiger partial charge in [0.2, 0.25) is 5.91 Å². The summed E-state index contributed by atoms with van der Waals surface area (Å²) in [5, 5.41) is 2.90. The third-order valence-electron chi connectivity index (χ3n) is 5.54. The van der Waals surface area contributed by atoms with Gasteiger partial charge in [-0.1, -0.05) is 31.7 Å². The fourth-order valence-corrected chi connectivity index (χ4v) is 3.47. The molecule has 0 fully saturated rings. The summed E-state index contributed by atoms with van der Waals surface area (Å²) in [6.07, 6.45) is 1.49. The number of likely N-dealkylation sites (N-methyl/N-ethyl adjacent to an activating group) is 1. The second-order valence-electron chi connectivity index (χ2n) is 7.76. The molecule has 1 atom stereocenters. The first-order valence-electron chi connectivity index (χ1n) is 10.3. The predicted octanol–water partition coefficient (Wildman–Crippen LogP) is 4.70. The molecule has 1 amide bonds. The van der Waals surface area contributed by atoms with Gasteiger partial charge in [-0.25, -0.2) is 14.4 Å². The minimum atomic E-state index is -0.267. The summed E-state index contributed by atoms with van der Waals surface area (Å²) in [4.78, 5) is 23.2. The number of halogens is 1. The van der Waals surface area contributed by atoms with Crippen molar-refractivity contribution in [3.05, 3.63) is 77.0 Å². The smallest absolute Gasteiger partial charge is 0.246 e. The van der Waals surface area contributed by atoms with E-state index in [-0.39, 0.29) is 25.2 Å². The second-order valence-corrected chi connectivity index (χ2v) is 7.76. The van der Waals surface area contributed by atoms with E-state index in [1.165, 1.54) is 12.1 Å². The number of aryl methyl sites for hydroxylation is 3. The number of ether oxygens (including phenoxy) is 1. The van der Waals surface area contributed by atoms with Gasteiger partial charge in [0.1, 0.15) is 35.7 Å². The van der Waals surface area contributed by atoms with Crippen molar-refractivity contribution in [1.82, 2.24) is 9.97 Å². The van der Waals surface area contributed by atoms with E-state index >= 15 is 0 Å². The Bertz CT molecular complexity index is 1080. The molecular weight excluding hydrogens is 407 g/mol. The summed E-state index contributed by atoms with van der Waals surface area (Å²) in [6, 6.07) is 13.9. The molecule has 6 nitrogen and oxygen atoms in total. The number of carbonyl (C=O) groups is 1. The summed E-state index contributed by atoms with van der Waals surface area (Å²) >= 11 is 0. The molecule has 7 heteroatoms. The quantitative estimate of drug-likeness (QED) is 0.607. The molecule has 1 aliphatic heterocycles. The van der Waals surface area contributed by atoms with Crippen LogP contribution in [-0.4, -0.2) is 29.0 Å². The summed E-state index contributed by atoms with van der Waals surface area (Å²) in [5.41, 5.74) is 3.54. The average Bonchev–Trinajstić information content (AvgIpc) is 2.77. The third-order valence-corrected chi connectivity index (χ3v) is 5.54. The van der Waals surface area contributed by atoms with Gasteiger partial charge >= 0.3 is 0 Å². The molecule has 3 aromatic rings. The largest absolute Gasteiger partial charge is 0.489 e. The number of fused-ring (bicyclic) bond motifs is 1. The van der Waals surface area contributed by atoms with Gasteiger partial charge in [0.05, 0.1) is 5.69 Å². The van der Waals surface area contributed by atoms with Crippen molar-refractivity contribution in [2.24, 2.45) is 0 Å². The van der Waals surface area contributed by atoms with Crippen LogP contribution in [0, 0.1) is 12.7 Å². The van der Waals surface area contributed by atoms with Crippen LogP contribution in [0.4, 0.5) is 15.9 Å². The number of benzene rings is 2. The zero-order valence-electron chi connectivity index (χ0n) is 17.9. The van der Waals surface area contributed by atoms with Gasteiger partial charge in [0.15, 0.2) is 5.82 Å². The first kappa shape index (κ1) is 23.2. The van der Waals surface area contributed by atoms with E-state index < -0.39 is 0 Å². The van der Waals surface area contributed by atoms with Crippen molar-refractivity contribution in [2.45, 2.75) is 46.8 Å². The molecule has 0 saturated heterocycles. The Kier molecular flexibility index (Phi) is 7.08. The molecule has 4 rings (SSSR count). The normalized spacial score (nSPS) is 14.9. The number of rotatable bonds is 6. The number of hydrogen-bond acceptors (Lipinski definition) is 5. The van der Waals surface area contributed by atoms with Gasteiger partial charge in [0, 0.05) is 13.5 Å². The molecular formula is C25H29FN4O2. The lowest BCUT2D eigenvalue weighted by molar-refractivity contribution is -0.117. The Morgan fingerprint density at radius 3 is 2.38 bits per heavy atom. The van der Waals surface area contributed by atoms with Crippen LogP contribution in [-0.2, 0) is 24.2 Å². The van der Waals surface area contributed by atoms with Gasteiger partial charge in [0.25, 0.3) is 0 Å². The van der Waals surface area contributed by atoms with Crippen molar-refractivity contribution >= 4 is 17.4 Å². The summed E-state index contributed by atoms with van der Waals surface area (Å²) < 4.78 is 18.7. The van der Waals surface area contributed by atoms with E-state index in [9.17, 15) is 9.18 Å². The SMILES string of the molecule is C.Cc1nc(CCc2ccc(OCc3ccc(F)cc3)cc2)nc2c1NC(=O)[C@@H](C)N2C. The molecule has 0 saturated carbocycles. The molecule has 32 heavy (non-hydrogen) atoms. The number of amides is 1. The first-order chi connectivity index (χ1) is 14.9. The number of aromatic nitrogens is 2. The highest BCUT2D eigenvalue weighted by Crippen LogP contribution is 2.31. The van der Waals surface area contributed by atoms with Crippen molar-refractivity contribution in [1.29, 1.82) is 0 Å². The van der Waals surface area contributed by atoms with Crippen molar-refractivity contribution in [3.8, 4) is 5.75 Å². The Balaban J connectivity index is 0.00000289. The molecule has 2 heterocycles. The van der Waals surface area contributed by atoms with Crippen LogP contribution in [0.1, 0.15) is 37.0 Å². The van der Waals surface area contributed by atoms with Crippen LogP contribution >= 0.6 is 0 Å². The minimum Gasteiger partial charge on any atom is -0.489 e. The summed E-state index contributed by atoms with van der Waals surface area (Å²) in [5.74, 6) is 1.98. The number of carbonyl (C=O) groups excluding carboxylic acids is 1. The molecule has 0 bridgehead atoms.